The lowest BCUT2D eigenvalue weighted by Gasteiger charge is -2.09. The minimum absolute atomic E-state index is 0.00370. The van der Waals surface area contributed by atoms with E-state index >= 15 is 0 Å². The van der Waals surface area contributed by atoms with Gasteiger partial charge in [0.2, 0.25) is 0 Å². The van der Waals surface area contributed by atoms with E-state index in [2.05, 4.69) is 0 Å². The zero-order chi connectivity index (χ0) is 12.7. The molecule has 1 aromatic carbocycles. The van der Waals surface area contributed by atoms with Crippen molar-refractivity contribution in [1.82, 2.24) is 0 Å². The first-order chi connectivity index (χ1) is 8.13. The van der Waals surface area contributed by atoms with E-state index in [0.29, 0.717) is 12.4 Å². The molecule has 0 aliphatic carbocycles. The fraction of sp³-hybridized carbons (Fsp3) is 0.462. The van der Waals surface area contributed by atoms with Crippen LogP contribution in [-0.2, 0) is 9.53 Å². The van der Waals surface area contributed by atoms with E-state index in [0.717, 1.165) is 11.3 Å². The lowest BCUT2D eigenvalue weighted by atomic mass is 10.1. The van der Waals surface area contributed by atoms with Crippen LogP contribution in [0.25, 0.3) is 0 Å². The molecule has 0 saturated carbocycles. The fourth-order valence-electron chi connectivity index (χ4n) is 1.31. The van der Waals surface area contributed by atoms with Crippen LogP contribution in [0.3, 0.4) is 0 Å². The van der Waals surface area contributed by atoms with Gasteiger partial charge in [-0.05, 0) is 24.6 Å². The Morgan fingerprint density at radius 2 is 2.29 bits per heavy atom. The number of ketones is 1. The standard InChI is InChI=1S/C13H17FO2S/c1-10(6-7-16-2)13(15)9-17-12-5-3-4-11(14)8-12/h3-5,8,10H,6-7,9H2,1-2H3. The average Bonchev–Trinajstić information content (AvgIpc) is 2.33. The quantitative estimate of drug-likeness (QED) is 0.701. The van der Waals surface area contributed by atoms with E-state index in [-0.39, 0.29) is 17.5 Å². The predicted molar refractivity (Wildman–Crippen MR) is 67.8 cm³/mol. The van der Waals surface area contributed by atoms with Gasteiger partial charge in [-0.2, -0.15) is 0 Å². The second-order valence-electron chi connectivity index (χ2n) is 3.89. The van der Waals surface area contributed by atoms with Crippen molar-refractivity contribution in [2.75, 3.05) is 19.5 Å². The molecule has 0 aliphatic rings. The summed E-state index contributed by atoms with van der Waals surface area (Å²) < 4.78 is 17.8. The molecule has 1 rings (SSSR count). The molecular formula is C13H17FO2S. The van der Waals surface area contributed by atoms with Gasteiger partial charge in [0.05, 0.1) is 5.75 Å². The molecule has 0 aromatic heterocycles. The molecule has 0 saturated heterocycles. The average molecular weight is 256 g/mol. The molecule has 0 fully saturated rings. The van der Waals surface area contributed by atoms with E-state index in [1.54, 1.807) is 19.2 Å². The third-order valence-electron chi connectivity index (χ3n) is 2.48. The molecule has 0 spiro atoms. The Balaban J connectivity index is 2.37. The van der Waals surface area contributed by atoms with Gasteiger partial charge >= 0.3 is 0 Å². The second kappa shape index (κ2) is 7.45. The maximum Gasteiger partial charge on any atom is 0.145 e. The molecule has 0 heterocycles. The van der Waals surface area contributed by atoms with Gasteiger partial charge in [-0.25, -0.2) is 4.39 Å². The van der Waals surface area contributed by atoms with Crippen LogP contribution < -0.4 is 0 Å². The normalized spacial score (nSPS) is 12.4. The van der Waals surface area contributed by atoms with Crippen molar-refractivity contribution in [2.45, 2.75) is 18.2 Å². The van der Waals surface area contributed by atoms with Gasteiger partial charge in [-0.15, -0.1) is 11.8 Å². The number of rotatable bonds is 7. The Labute approximate surface area is 106 Å². The molecule has 0 radical (unpaired) electrons. The first-order valence-corrected chi connectivity index (χ1v) is 6.52. The third-order valence-corrected chi connectivity index (χ3v) is 3.50. The van der Waals surface area contributed by atoms with Crippen molar-refractivity contribution >= 4 is 17.5 Å². The molecule has 1 aromatic rings. The molecule has 2 nitrogen and oxygen atoms in total. The van der Waals surface area contributed by atoms with Gasteiger partial charge in [0.15, 0.2) is 0 Å². The van der Waals surface area contributed by atoms with Gasteiger partial charge in [-0.3, -0.25) is 4.79 Å². The van der Waals surface area contributed by atoms with Gasteiger partial charge in [0.25, 0.3) is 0 Å². The summed E-state index contributed by atoms with van der Waals surface area (Å²) in [5.74, 6) is 0.288. The van der Waals surface area contributed by atoms with Gasteiger partial charge in [-0.1, -0.05) is 13.0 Å². The molecule has 0 aliphatic heterocycles. The molecular weight excluding hydrogens is 239 g/mol. The lowest BCUT2D eigenvalue weighted by molar-refractivity contribution is -0.120. The van der Waals surface area contributed by atoms with Crippen LogP contribution in [0, 0.1) is 11.7 Å². The molecule has 94 valence electrons. The van der Waals surface area contributed by atoms with Crippen molar-refractivity contribution < 1.29 is 13.9 Å². The Morgan fingerprint density at radius 3 is 2.94 bits per heavy atom. The van der Waals surface area contributed by atoms with Gasteiger partial charge in [0.1, 0.15) is 11.6 Å². The first-order valence-electron chi connectivity index (χ1n) is 5.53. The second-order valence-corrected chi connectivity index (χ2v) is 4.94. The van der Waals surface area contributed by atoms with E-state index in [1.165, 1.54) is 23.9 Å². The Hall–Kier alpha value is -0.870. The van der Waals surface area contributed by atoms with Crippen LogP contribution in [0.5, 0.6) is 0 Å². The van der Waals surface area contributed by atoms with Gasteiger partial charge < -0.3 is 4.74 Å². The summed E-state index contributed by atoms with van der Waals surface area (Å²) in [5, 5.41) is 0. The zero-order valence-electron chi connectivity index (χ0n) is 10.1. The predicted octanol–water partition coefficient (Wildman–Crippen LogP) is 3.16. The first kappa shape index (κ1) is 14.2. The number of hydrogen-bond donors (Lipinski definition) is 0. The van der Waals surface area contributed by atoms with Crippen molar-refractivity contribution in [3.8, 4) is 0 Å². The van der Waals surface area contributed by atoms with Crippen LogP contribution in [0.15, 0.2) is 29.2 Å². The summed E-state index contributed by atoms with van der Waals surface area (Å²) in [6.45, 7) is 2.49. The molecule has 1 atom stereocenters. The summed E-state index contributed by atoms with van der Waals surface area (Å²) in [6.07, 6.45) is 0.735. The van der Waals surface area contributed by atoms with Crippen LogP contribution in [-0.4, -0.2) is 25.3 Å². The number of Topliss-reactive ketones (excluding diaryl/α,β-unsaturated/α-hetero) is 1. The van der Waals surface area contributed by atoms with E-state index in [1.807, 2.05) is 6.92 Å². The maximum absolute atomic E-state index is 12.9. The zero-order valence-corrected chi connectivity index (χ0v) is 10.9. The number of thioether (sulfide) groups is 1. The summed E-state index contributed by atoms with van der Waals surface area (Å²) in [5.41, 5.74) is 0. The highest BCUT2D eigenvalue weighted by molar-refractivity contribution is 8.00. The highest BCUT2D eigenvalue weighted by Gasteiger charge is 2.12. The van der Waals surface area contributed by atoms with Crippen molar-refractivity contribution in [3.63, 3.8) is 0 Å². The minimum Gasteiger partial charge on any atom is -0.385 e. The van der Waals surface area contributed by atoms with E-state index in [4.69, 9.17) is 4.74 Å². The fourth-order valence-corrected chi connectivity index (χ4v) is 2.27. The minimum atomic E-state index is -0.269. The molecule has 17 heavy (non-hydrogen) atoms. The van der Waals surface area contributed by atoms with Crippen LogP contribution >= 0.6 is 11.8 Å². The summed E-state index contributed by atoms with van der Waals surface area (Å²) in [6, 6.07) is 6.29. The third kappa shape index (κ3) is 5.33. The maximum atomic E-state index is 12.9. The number of hydrogen-bond acceptors (Lipinski definition) is 3. The lowest BCUT2D eigenvalue weighted by Crippen LogP contribution is -2.15. The van der Waals surface area contributed by atoms with E-state index in [9.17, 15) is 9.18 Å². The van der Waals surface area contributed by atoms with Gasteiger partial charge in [0, 0.05) is 24.5 Å². The molecule has 0 bridgehead atoms. The number of ether oxygens (including phenoxy) is 1. The molecule has 1 unspecified atom stereocenters. The number of carbonyl (C=O) groups excluding carboxylic acids is 1. The smallest absolute Gasteiger partial charge is 0.145 e. The highest BCUT2D eigenvalue weighted by atomic mass is 32.2. The Bertz CT molecular complexity index is 368. The van der Waals surface area contributed by atoms with Crippen molar-refractivity contribution in [2.24, 2.45) is 5.92 Å². The highest BCUT2D eigenvalue weighted by Crippen LogP contribution is 2.20. The SMILES string of the molecule is COCCC(C)C(=O)CSc1cccc(F)c1. The van der Waals surface area contributed by atoms with Crippen LogP contribution in [0.2, 0.25) is 0 Å². The van der Waals surface area contributed by atoms with Crippen LogP contribution in [0.4, 0.5) is 4.39 Å². The van der Waals surface area contributed by atoms with E-state index < -0.39 is 0 Å². The Kier molecular flexibility index (Phi) is 6.22. The largest absolute Gasteiger partial charge is 0.385 e. The summed E-state index contributed by atoms with van der Waals surface area (Å²) in [4.78, 5) is 12.5. The topological polar surface area (TPSA) is 26.3 Å². The Morgan fingerprint density at radius 1 is 1.53 bits per heavy atom. The summed E-state index contributed by atoms with van der Waals surface area (Å²) >= 11 is 1.37. The number of methoxy groups -OCH3 is 1. The van der Waals surface area contributed by atoms with Crippen LogP contribution in [0.1, 0.15) is 13.3 Å². The summed E-state index contributed by atoms with van der Waals surface area (Å²) in [7, 11) is 1.62. The number of benzene rings is 1. The molecule has 0 amide bonds. The monoisotopic (exact) mass is 256 g/mol. The number of halogens is 1. The molecule has 4 heteroatoms. The number of carbonyl (C=O) groups is 1. The molecule has 0 N–H and O–H groups in total. The van der Waals surface area contributed by atoms with Crippen molar-refractivity contribution in [1.29, 1.82) is 0 Å². The van der Waals surface area contributed by atoms with Crippen molar-refractivity contribution in [3.05, 3.63) is 30.1 Å².